The van der Waals surface area contributed by atoms with Gasteiger partial charge in [0.05, 0.1) is 23.5 Å². The highest BCUT2D eigenvalue weighted by Gasteiger charge is 2.30. The van der Waals surface area contributed by atoms with Crippen LogP contribution in [0.1, 0.15) is 22.4 Å². The van der Waals surface area contributed by atoms with Crippen LogP contribution in [0.5, 0.6) is 0 Å². The van der Waals surface area contributed by atoms with Gasteiger partial charge in [-0.1, -0.05) is 42.5 Å². The summed E-state index contributed by atoms with van der Waals surface area (Å²) in [4.78, 5) is 0. The van der Waals surface area contributed by atoms with Crippen molar-refractivity contribution >= 4 is 6.08 Å². The first-order valence-electron chi connectivity index (χ1n) is 8.73. The van der Waals surface area contributed by atoms with Crippen molar-refractivity contribution < 1.29 is 13.2 Å². The Balaban J connectivity index is 1.76. The first-order chi connectivity index (χ1) is 13.0. The van der Waals surface area contributed by atoms with E-state index in [4.69, 9.17) is 5.10 Å². The normalized spacial score (nSPS) is 13.7. The zero-order chi connectivity index (χ0) is 18.9. The molecule has 1 aliphatic rings. The van der Waals surface area contributed by atoms with Gasteiger partial charge in [-0.2, -0.15) is 18.3 Å². The van der Waals surface area contributed by atoms with Crippen molar-refractivity contribution in [2.45, 2.75) is 19.1 Å². The van der Waals surface area contributed by atoms with Crippen molar-refractivity contribution in [2.75, 3.05) is 6.54 Å². The summed E-state index contributed by atoms with van der Waals surface area (Å²) in [5, 5.41) is 7.96. The lowest BCUT2D eigenvalue weighted by Gasteiger charge is -2.07. The van der Waals surface area contributed by atoms with E-state index in [1.807, 2.05) is 47.3 Å². The molecule has 2 aromatic carbocycles. The minimum Gasteiger partial charge on any atom is -0.390 e. The Bertz CT molecular complexity index is 955. The number of fused-ring (bicyclic) bond motifs is 1. The van der Waals surface area contributed by atoms with Gasteiger partial charge < -0.3 is 5.32 Å². The molecule has 138 valence electrons. The monoisotopic (exact) mass is 369 g/mol. The number of benzene rings is 2. The van der Waals surface area contributed by atoms with E-state index in [1.54, 1.807) is 0 Å². The molecule has 0 spiro atoms. The molecule has 0 aliphatic carbocycles. The largest absolute Gasteiger partial charge is 0.416 e. The number of rotatable bonds is 3. The average molecular weight is 369 g/mol. The smallest absolute Gasteiger partial charge is 0.390 e. The number of nitrogens with zero attached hydrogens (tertiary/aromatic N) is 2. The Morgan fingerprint density at radius 1 is 1.00 bits per heavy atom. The Hall–Kier alpha value is -3.02. The van der Waals surface area contributed by atoms with Gasteiger partial charge in [0.15, 0.2) is 0 Å². The summed E-state index contributed by atoms with van der Waals surface area (Å²) in [6.07, 6.45) is 0.291. The van der Waals surface area contributed by atoms with Gasteiger partial charge in [0.25, 0.3) is 0 Å². The van der Waals surface area contributed by atoms with Crippen LogP contribution in [0.4, 0.5) is 13.2 Å². The van der Waals surface area contributed by atoms with Crippen LogP contribution < -0.4 is 5.32 Å². The molecule has 0 saturated heterocycles. The molecule has 1 aliphatic heterocycles. The van der Waals surface area contributed by atoms with Gasteiger partial charge in [0, 0.05) is 17.7 Å². The number of nitrogens with one attached hydrogen (secondary N) is 1. The molecule has 0 amide bonds. The lowest BCUT2D eigenvalue weighted by Crippen LogP contribution is -2.08. The molecule has 3 nitrogen and oxygen atoms in total. The predicted octanol–water partition coefficient (Wildman–Crippen LogP) is 4.73. The maximum Gasteiger partial charge on any atom is 0.416 e. The minimum atomic E-state index is -4.34. The molecular formula is C21H18F3N3. The van der Waals surface area contributed by atoms with Gasteiger partial charge in [0.2, 0.25) is 0 Å². The van der Waals surface area contributed by atoms with Crippen LogP contribution in [0.15, 0.2) is 60.8 Å². The van der Waals surface area contributed by atoms with E-state index < -0.39 is 11.7 Å². The summed E-state index contributed by atoms with van der Waals surface area (Å²) in [6.45, 7) is 1.36. The second-order valence-electron chi connectivity index (χ2n) is 6.47. The van der Waals surface area contributed by atoms with Crippen LogP contribution in [0.2, 0.25) is 0 Å². The fraction of sp³-hybridized carbons (Fsp3) is 0.190. The quantitative estimate of drug-likeness (QED) is 0.723. The van der Waals surface area contributed by atoms with E-state index >= 15 is 0 Å². The molecule has 0 atom stereocenters. The summed E-state index contributed by atoms with van der Waals surface area (Å²) < 4.78 is 40.5. The average Bonchev–Trinajstić information content (AvgIpc) is 2.83. The molecule has 0 fully saturated rings. The summed E-state index contributed by atoms with van der Waals surface area (Å²) in [5.74, 6) is 0. The molecule has 0 bridgehead atoms. The van der Waals surface area contributed by atoms with Crippen LogP contribution in [-0.4, -0.2) is 16.3 Å². The lowest BCUT2D eigenvalue weighted by molar-refractivity contribution is -0.137. The maximum atomic E-state index is 12.9. The SMILES string of the molecule is FC(F)(F)c1ccc(-c2nn(Cc3ccccc3)c3c2CCNC=C3)cc1. The van der Waals surface area contributed by atoms with Crippen molar-refractivity contribution in [1.29, 1.82) is 0 Å². The van der Waals surface area contributed by atoms with E-state index in [9.17, 15) is 13.2 Å². The van der Waals surface area contributed by atoms with E-state index in [-0.39, 0.29) is 0 Å². The fourth-order valence-corrected chi connectivity index (χ4v) is 3.29. The third-order valence-corrected chi connectivity index (χ3v) is 4.63. The van der Waals surface area contributed by atoms with Gasteiger partial charge in [-0.3, -0.25) is 4.68 Å². The van der Waals surface area contributed by atoms with Crippen LogP contribution in [0.3, 0.4) is 0 Å². The molecule has 4 rings (SSSR count). The van der Waals surface area contributed by atoms with Gasteiger partial charge in [-0.15, -0.1) is 0 Å². The highest BCUT2D eigenvalue weighted by Crippen LogP contribution is 2.33. The standard InChI is InChI=1S/C21H18F3N3/c22-21(23,24)17-8-6-16(7-9-17)20-18-10-12-25-13-11-19(18)27(26-20)14-15-4-2-1-3-5-15/h1-9,11,13,25H,10,12,14H2. The fourth-order valence-electron chi connectivity index (χ4n) is 3.29. The Kier molecular flexibility index (Phi) is 4.48. The van der Waals surface area contributed by atoms with Crippen molar-refractivity contribution in [3.05, 3.63) is 83.2 Å². The molecule has 6 heteroatoms. The van der Waals surface area contributed by atoms with Gasteiger partial charge in [-0.25, -0.2) is 0 Å². The van der Waals surface area contributed by atoms with E-state index in [0.29, 0.717) is 12.1 Å². The summed E-state index contributed by atoms with van der Waals surface area (Å²) >= 11 is 0. The summed E-state index contributed by atoms with van der Waals surface area (Å²) in [7, 11) is 0. The molecule has 1 aromatic heterocycles. The number of hydrogen-bond donors (Lipinski definition) is 1. The third-order valence-electron chi connectivity index (χ3n) is 4.63. The molecule has 0 saturated carbocycles. The second-order valence-corrected chi connectivity index (χ2v) is 6.47. The highest BCUT2D eigenvalue weighted by atomic mass is 19.4. The Morgan fingerprint density at radius 3 is 2.44 bits per heavy atom. The number of hydrogen-bond acceptors (Lipinski definition) is 2. The number of aromatic nitrogens is 2. The molecule has 0 radical (unpaired) electrons. The Labute approximate surface area is 155 Å². The van der Waals surface area contributed by atoms with Crippen molar-refractivity contribution in [3.63, 3.8) is 0 Å². The van der Waals surface area contributed by atoms with E-state index in [1.165, 1.54) is 12.1 Å². The Morgan fingerprint density at radius 2 is 1.74 bits per heavy atom. The van der Waals surface area contributed by atoms with E-state index in [2.05, 4.69) is 5.32 Å². The van der Waals surface area contributed by atoms with E-state index in [0.717, 1.165) is 47.6 Å². The lowest BCUT2D eigenvalue weighted by atomic mass is 10.0. The molecule has 27 heavy (non-hydrogen) atoms. The van der Waals surface area contributed by atoms with Gasteiger partial charge in [0.1, 0.15) is 0 Å². The second kappa shape index (κ2) is 6.95. The molecule has 0 unspecified atom stereocenters. The van der Waals surface area contributed by atoms with Gasteiger partial charge in [-0.05, 0) is 36.4 Å². The van der Waals surface area contributed by atoms with Gasteiger partial charge >= 0.3 is 6.18 Å². The zero-order valence-corrected chi connectivity index (χ0v) is 14.5. The molecular weight excluding hydrogens is 351 g/mol. The van der Waals surface area contributed by atoms with Crippen molar-refractivity contribution in [2.24, 2.45) is 0 Å². The third kappa shape index (κ3) is 3.60. The molecule has 2 heterocycles. The van der Waals surface area contributed by atoms with Crippen LogP contribution in [0, 0.1) is 0 Å². The topological polar surface area (TPSA) is 29.9 Å². The van der Waals surface area contributed by atoms with Crippen molar-refractivity contribution in [1.82, 2.24) is 15.1 Å². The maximum absolute atomic E-state index is 12.9. The van der Waals surface area contributed by atoms with Crippen LogP contribution in [-0.2, 0) is 19.1 Å². The zero-order valence-electron chi connectivity index (χ0n) is 14.5. The number of halogens is 3. The summed E-state index contributed by atoms with van der Waals surface area (Å²) in [5.41, 5.74) is 3.94. The summed E-state index contributed by atoms with van der Waals surface area (Å²) in [6, 6.07) is 15.2. The van der Waals surface area contributed by atoms with Crippen LogP contribution in [0.25, 0.3) is 17.3 Å². The minimum absolute atomic E-state index is 0.605. The first kappa shape index (κ1) is 17.4. The van der Waals surface area contributed by atoms with Crippen molar-refractivity contribution in [3.8, 4) is 11.3 Å². The predicted molar refractivity (Wildman–Crippen MR) is 98.9 cm³/mol. The molecule has 1 N–H and O–H groups in total. The first-order valence-corrected chi connectivity index (χ1v) is 8.73. The molecule has 3 aromatic rings. The number of alkyl halides is 3. The van der Waals surface area contributed by atoms with Crippen LogP contribution >= 0.6 is 0 Å². The highest BCUT2D eigenvalue weighted by molar-refractivity contribution is 5.69.